The SMILES string of the molecule is CC(C)C(NC(=O)c1cccc2c1CCC2)C(=O)O. The lowest BCUT2D eigenvalue weighted by atomic mass is 10.0. The van der Waals surface area contributed by atoms with E-state index in [-0.39, 0.29) is 11.8 Å². The van der Waals surface area contributed by atoms with Gasteiger partial charge in [-0.2, -0.15) is 0 Å². The van der Waals surface area contributed by atoms with Gasteiger partial charge in [-0.15, -0.1) is 0 Å². The Balaban J connectivity index is 2.21. The average molecular weight is 261 g/mol. The highest BCUT2D eigenvalue weighted by Gasteiger charge is 2.26. The van der Waals surface area contributed by atoms with Crippen LogP contribution < -0.4 is 5.32 Å². The van der Waals surface area contributed by atoms with Gasteiger partial charge in [0.15, 0.2) is 0 Å². The summed E-state index contributed by atoms with van der Waals surface area (Å²) in [7, 11) is 0. The van der Waals surface area contributed by atoms with Crippen LogP contribution in [0.4, 0.5) is 0 Å². The summed E-state index contributed by atoms with van der Waals surface area (Å²) in [5.74, 6) is -1.41. The highest BCUT2D eigenvalue weighted by atomic mass is 16.4. The third kappa shape index (κ3) is 2.78. The van der Waals surface area contributed by atoms with Gasteiger partial charge in [0.1, 0.15) is 6.04 Å². The van der Waals surface area contributed by atoms with Gasteiger partial charge in [-0.3, -0.25) is 4.79 Å². The summed E-state index contributed by atoms with van der Waals surface area (Å²) in [5, 5.41) is 11.7. The molecule has 4 heteroatoms. The second-order valence-electron chi connectivity index (χ2n) is 5.33. The average Bonchev–Trinajstić information content (AvgIpc) is 2.82. The van der Waals surface area contributed by atoms with Crippen LogP contribution in [0.2, 0.25) is 0 Å². The van der Waals surface area contributed by atoms with Gasteiger partial charge < -0.3 is 10.4 Å². The largest absolute Gasteiger partial charge is 0.480 e. The number of hydrogen-bond acceptors (Lipinski definition) is 2. The number of fused-ring (bicyclic) bond motifs is 1. The van der Waals surface area contributed by atoms with Gasteiger partial charge >= 0.3 is 5.97 Å². The molecule has 1 amide bonds. The lowest BCUT2D eigenvalue weighted by Gasteiger charge is -2.18. The summed E-state index contributed by atoms with van der Waals surface area (Å²) in [5.41, 5.74) is 2.92. The van der Waals surface area contributed by atoms with Crippen LogP contribution in [0.25, 0.3) is 0 Å². The molecular weight excluding hydrogens is 242 g/mol. The summed E-state index contributed by atoms with van der Waals surface area (Å²) in [6, 6.07) is 4.84. The number of carboxylic acid groups (broad SMARTS) is 1. The Kier molecular flexibility index (Phi) is 3.88. The number of rotatable bonds is 4. The van der Waals surface area contributed by atoms with E-state index in [4.69, 9.17) is 5.11 Å². The summed E-state index contributed by atoms with van der Waals surface area (Å²) in [6.45, 7) is 3.57. The van der Waals surface area contributed by atoms with E-state index in [0.717, 1.165) is 24.8 Å². The van der Waals surface area contributed by atoms with E-state index in [1.54, 1.807) is 19.9 Å². The van der Waals surface area contributed by atoms with E-state index in [0.29, 0.717) is 5.56 Å². The van der Waals surface area contributed by atoms with Crippen molar-refractivity contribution >= 4 is 11.9 Å². The van der Waals surface area contributed by atoms with Crippen LogP contribution in [0.3, 0.4) is 0 Å². The predicted molar refractivity (Wildman–Crippen MR) is 72.2 cm³/mol. The van der Waals surface area contributed by atoms with E-state index in [1.165, 1.54) is 5.56 Å². The van der Waals surface area contributed by atoms with Crippen LogP contribution in [-0.4, -0.2) is 23.0 Å². The minimum atomic E-state index is -0.990. The van der Waals surface area contributed by atoms with Crippen LogP contribution in [-0.2, 0) is 17.6 Å². The van der Waals surface area contributed by atoms with Crippen molar-refractivity contribution in [2.75, 3.05) is 0 Å². The van der Waals surface area contributed by atoms with Crippen molar-refractivity contribution in [2.45, 2.75) is 39.2 Å². The molecule has 4 nitrogen and oxygen atoms in total. The number of nitrogens with one attached hydrogen (secondary N) is 1. The Morgan fingerprint density at radius 2 is 2.00 bits per heavy atom. The zero-order valence-corrected chi connectivity index (χ0v) is 11.3. The summed E-state index contributed by atoms with van der Waals surface area (Å²) >= 11 is 0. The minimum absolute atomic E-state index is 0.141. The van der Waals surface area contributed by atoms with Crippen molar-refractivity contribution in [3.63, 3.8) is 0 Å². The van der Waals surface area contributed by atoms with Gasteiger partial charge in [0.25, 0.3) is 5.91 Å². The van der Waals surface area contributed by atoms with Crippen molar-refractivity contribution < 1.29 is 14.7 Å². The number of benzene rings is 1. The van der Waals surface area contributed by atoms with Crippen molar-refractivity contribution in [3.05, 3.63) is 34.9 Å². The Labute approximate surface area is 112 Å². The molecular formula is C15H19NO3. The van der Waals surface area contributed by atoms with Crippen LogP contribution in [0.15, 0.2) is 18.2 Å². The van der Waals surface area contributed by atoms with E-state index in [9.17, 15) is 9.59 Å². The maximum atomic E-state index is 12.2. The molecule has 0 bridgehead atoms. The highest BCUT2D eigenvalue weighted by Crippen LogP contribution is 2.25. The van der Waals surface area contributed by atoms with Gasteiger partial charge in [0.2, 0.25) is 0 Å². The molecule has 1 unspecified atom stereocenters. The van der Waals surface area contributed by atoms with Gasteiger partial charge in [-0.1, -0.05) is 26.0 Å². The number of aryl methyl sites for hydroxylation is 1. The fraction of sp³-hybridized carbons (Fsp3) is 0.467. The lowest BCUT2D eigenvalue weighted by molar-refractivity contribution is -0.140. The summed E-state index contributed by atoms with van der Waals surface area (Å²) in [4.78, 5) is 23.4. The molecule has 1 aromatic rings. The molecule has 1 aromatic carbocycles. The van der Waals surface area contributed by atoms with Gasteiger partial charge in [-0.05, 0) is 42.4 Å². The van der Waals surface area contributed by atoms with E-state index >= 15 is 0 Å². The third-order valence-electron chi connectivity index (χ3n) is 3.61. The number of aliphatic carboxylic acids is 1. The van der Waals surface area contributed by atoms with Crippen LogP contribution >= 0.6 is 0 Å². The number of hydrogen-bond donors (Lipinski definition) is 2. The first-order chi connectivity index (χ1) is 9.00. The van der Waals surface area contributed by atoms with Crippen molar-refractivity contribution in [1.29, 1.82) is 0 Å². The molecule has 1 aliphatic carbocycles. The standard InChI is InChI=1S/C15H19NO3/c1-9(2)13(15(18)19)16-14(17)12-8-4-6-10-5-3-7-11(10)12/h4,6,8-9,13H,3,5,7H2,1-2H3,(H,16,17)(H,18,19). The highest BCUT2D eigenvalue weighted by molar-refractivity contribution is 5.98. The fourth-order valence-electron chi connectivity index (χ4n) is 2.56. The molecule has 0 fully saturated rings. The van der Waals surface area contributed by atoms with Crippen molar-refractivity contribution in [3.8, 4) is 0 Å². The molecule has 0 aliphatic heterocycles. The second kappa shape index (κ2) is 5.43. The molecule has 2 N–H and O–H groups in total. The van der Waals surface area contributed by atoms with Crippen LogP contribution in [0.1, 0.15) is 41.8 Å². The molecule has 0 heterocycles. The topological polar surface area (TPSA) is 66.4 Å². The maximum Gasteiger partial charge on any atom is 0.326 e. The monoisotopic (exact) mass is 261 g/mol. The van der Waals surface area contributed by atoms with Gasteiger partial charge in [0, 0.05) is 5.56 Å². The number of carbonyl (C=O) groups excluding carboxylic acids is 1. The first-order valence-corrected chi connectivity index (χ1v) is 6.65. The molecule has 0 saturated carbocycles. The number of carbonyl (C=O) groups is 2. The zero-order valence-electron chi connectivity index (χ0n) is 11.3. The van der Waals surface area contributed by atoms with E-state index in [1.807, 2.05) is 12.1 Å². The Bertz CT molecular complexity index is 508. The molecule has 0 saturated heterocycles. The first kappa shape index (κ1) is 13.6. The van der Waals surface area contributed by atoms with Crippen LogP contribution in [0, 0.1) is 5.92 Å². The van der Waals surface area contributed by atoms with Crippen molar-refractivity contribution in [2.24, 2.45) is 5.92 Å². The Morgan fingerprint density at radius 1 is 1.26 bits per heavy atom. The van der Waals surface area contributed by atoms with E-state index < -0.39 is 12.0 Å². The Morgan fingerprint density at radius 3 is 2.63 bits per heavy atom. The summed E-state index contributed by atoms with van der Waals surface area (Å²) in [6.07, 6.45) is 2.97. The zero-order chi connectivity index (χ0) is 14.0. The molecule has 0 radical (unpaired) electrons. The normalized spacial score (nSPS) is 15.1. The first-order valence-electron chi connectivity index (χ1n) is 6.65. The quantitative estimate of drug-likeness (QED) is 0.871. The maximum absolute atomic E-state index is 12.2. The number of amides is 1. The third-order valence-corrected chi connectivity index (χ3v) is 3.61. The predicted octanol–water partition coefficient (Wildman–Crippen LogP) is 2.01. The van der Waals surface area contributed by atoms with Gasteiger partial charge in [-0.25, -0.2) is 4.79 Å². The van der Waals surface area contributed by atoms with E-state index in [2.05, 4.69) is 5.32 Å². The van der Waals surface area contributed by atoms with Gasteiger partial charge in [0.05, 0.1) is 0 Å². The molecule has 2 rings (SSSR count). The molecule has 0 spiro atoms. The molecule has 1 atom stereocenters. The van der Waals surface area contributed by atoms with Crippen LogP contribution in [0.5, 0.6) is 0 Å². The molecule has 102 valence electrons. The molecule has 0 aromatic heterocycles. The molecule has 1 aliphatic rings. The second-order valence-corrected chi connectivity index (χ2v) is 5.33. The fourth-order valence-corrected chi connectivity index (χ4v) is 2.56. The summed E-state index contributed by atoms with van der Waals surface area (Å²) < 4.78 is 0. The van der Waals surface area contributed by atoms with Crippen molar-refractivity contribution in [1.82, 2.24) is 5.32 Å². The lowest BCUT2D eigenvalue weighted by Crippen LogP contribution is -2.44. The smallest absolute Gasteiger partial charge is 0.326 e. The number of carboxylic acids is 1. The minimum Gasteiger partial charge on any atom is -0.480 e. The Hall–Kier alpha value is -1.84. The molecule has 19 heavy (non-hydrogen) atoms.